The maximum atomic E-state index is 11.6. The van der Waals surface area contributed by atoms with Gasteiger partial charge in [0.05, 0.1) is 17.6 Å². The topological polar surface area (TPSA) is 45.5 Å². The third kappa shape index (κ3) is 2.48. The molecule has 3 aromatic rings. The lowest BCUT2D eigenvalue weighted by atomic mass is 9.89. The van der Waals surface area contributed by atoms with E-state index in [0.717, 1.165) is 46.4 Å². The van der Waals surface area contributed by atoms with Gasteiger partial charge in [0.15, 0.2) is 0 Å². The second-order valence-corrected chi connectivity index (χ2v) is 7.46. The predicted octanol–water partition coefficient (Wildman–Crippen LogP) is 4.66. The summed E-state index contributed by atoms with van der Waals surface area (Å²) in [6, 6.07) is 9.86. The Morgan fingerprint density at radius 3 is 2.54 bits per heavy atom. The average molecular weight is 369 g/mol. The van der Waals surface area contributed by atoms with Gasteiger partial charge in [-0.25, -0.2) is 0 Å². The summed E-state index contributed by atoms with van der Waals surface area (Å²) < 4.78 is 2.35. The number of hydrogen-bond acceptors (Lipinski definition) is 2. The van der Waals surface area contributed by atoms with Crippen LogP contribution in [0.2, 0.25) is 5.02 Å². The molecule has 1 aliphatic heterocycles. The molecule has 0 bridgehead atoms. The molecule has 134 valence electrons. The van der Waals surface area contributed by atoms with Gasteiger partial charge in [0.25, 0.3) is 0 Å². The van der Waals surface area contributed by atoms with E-state index < -0.39 is 5.97 Å². The van der Waals surface area contributed by atoms with Gasteiger partial charge in [-0.05, 0) is 54.3 Å². The molecule has 1 aromatic heterocycles. The van der Waals surface area contributed by atoms with E-state index in [-0.39, 0.29) is 6.42 Å². The molecule has 0 amide bonds. The molecule has 0 saturated carbocycles. The highest BCUT2D eigenvalue weighted by atomic mass is 35.5. The second-order valence-electron chi connectivity index (χ2n) is 7.03. The number of carbonyl (C=O) groups is 1. The van der Waals surface area contributed by atoms with Gasteiger partial charge in [0.2, 0.25) is 0 Å². The lowest BCUT2D eigenvalue weighted by Crippen LogP contribution is -2.29. The van der Waals surface area contributed by atoms with E-state index in [2.05, 4.69) is 29.5 Å². The predicted molar refractivity (Wildman–Crippen MR) is 106 cm³/mol. The highest BCUT2D eigenvalue weighted by molar-refractivity contribution is 6.30. The lowest BCUT2D eigenvalue weighted by Gasteiger charge is -2.31. The van der Waals surface area contributed by atoms with Crippen LogP contribution in [0.25, 0.3) is 22.0 Å². The number of aromatic nitrogens is 1. The van der Waals surface area contributed by atoms with Crippen molar-refractivity contribution in [3.05, 3.63) is 52.2 Å². The minimum Gasteiger partial charge on any atom is -0.481 e. The highest BCUT2D eigenvalue weighted by Gasteiger charge is 2.27. The SMILES string of the molecule is Cc1c(CC(=O)O)c(-c2ccc(Cl)cc2)c2cc(C)n3c2c1N(C)CC3. The number of aliphatic carboxylic acids is 1. The zero-order chi connectivity index (χ0) is 18.6. The zero-order valence-electron chi connectivity index (χ0n) is 15.1. The third-order valence-electron chi connectivity index (χ3n) is 5.41. The molecule has 2 heterocycles. The van der Waals surface area contributed by atoms with Gasteiger partial charge in [0.1, 0.15) is 0 Å². The molecule has 2 aromatic carbocycles. The lowest BCUT2D eigenvalue weighted by molar-refractivity contribution is -0.136. The maximum absolute atomic E-state index is 11.6. The zero-order valence-corrected chi connectivity index (χ0v) is 15.9. The number of aryl methyl sites for hydroxylation is 1. The fourth-order valence-corrected chi connectivity index (χ4v) is 4.35. The van der Waals surface area contributed by atoms with E-state index in [1.54, 1.807) is 0 Å². The summed E-state index contributed by atoms with van der Waals surface area (Å²) in [6.07, 6.45) is 0.00476. The van der Waals surface area contributed by atoms with Crippen molar-refractivity contribution in [2.75, 3.05) is 18.5 Å². The Labute approximate surface area is 157 Å². The van der Waals surface area contributed by atoms with Gasteiger partial charge in [-0.1, -0.05) is 23.7 Å². The smallest absolute Gasteiger partial charge is 0.307 e. The molecule has 5 heteroatoms. The summed E-state index contributed by atoms with van der Waals surface area (Å²) in [4.78, 5) is 13.9. The summed E-state index contributed by atoms with van der Waals surface area (Å²) in [7, 11) is 2.08. The van der Waals surface area contributed by atoms with Crippen LogP contribution in [0.4, 0.5) is 5.69 Å². The van der Waals surface area contributed by atoms with Crippen LogP contribution in [0, 0.1) is 13.8 Å². The summed E-state index contributed by atoms with van der Waals surface area (Å²) in [6.45, 7) is 6.02. The van der Waals surface area contributed by atoms with E-state index in [9.17, 15) is 9.90 Å². The van der Waals surface area contributed by atoms with Gasteiger partial charge in [-0.3, -0.25) is 4.79 Å². The number of hydrogen-bond donors (Lipinski definition) is 1. The van der Waals surface area contributed by atoms with Crippen molar-refractivity contribution in [2.24, 2.45) is 0 Å². The van der Waals surface area contributed by atoms with Crippen LogP contribution in [-0.2, 0) is 17.8 Å². The van der Waals surface area contributed by atoms with E-state index in [1.165, 1.54) is 11.2 Å². The Hall–Kier alpha value is -2.46. The van der Waals surface area contributed by atoms with Crippen LogP contribution in [0.15, 0.2) is 30.3 Å². The molecule has 26 heavy (non-hydrogen) atoms. The summed E-state index contributed by atoms with van der Waals surface area (Å²) in [5, 5.41) is 11.3. The van der Waals surface area contributed by atoms with Crippen molar-refractivity contribution in [1.82, 2.24) is 4.57 Å². The van der Waals surface area contributed by atoms with Crippen LogP contribution in [0.3, 0.4) is 0 Å². The summed E-state index contributed by atoms with van der Waals surface area (Å²) in [5.41, 5.74) is 7.50. The molecule has 4 rings (SSSR count). The molecule has 1 aliphatic rings. The largest absolute Gasteiger partial charge is 0.481 e. The van der Waals surface area contributed by atoms with Gasteiger partial charge >= 0.3 is 5.97 Å². The fraction of sp³-hybridized carbons (Fsp3) is 0.286. The first-order chi connectivity index (χ1) is 12.4. The van der Waals surface area contributed by atoms with Crippen molar-refractivity contribution < 1.29 is 9.90 Å². The van der Waals surface area contributed by atoms with Crippen LogP contribution < -0.4 is 4.90 Å². The number of likely N-dealkylation sites (N-methyl/N-ethyl adjacent to an activating group) is 1. The van der Waals surface area contributed by atoms with Gasteiger partial charge in [0, 0.05) is 36.2 Å². The molecule has 1 N–H and O–H groups in total. The quantitative estimate of drug-likeness (QED) is 0.731. The number of carboxylic acids is 1. The van der Waals surface area contributed by atoms with E-state index in [1.807, 2.05) is 31.2 Å². The summed E-state index contributed by atoms with van der Waals surface area (Å²) >= 11 is 6.07. The van der Waals surface area contributed by atoms with Crippen molar-refractivity contribution >= 4 is 34.2 Å². The first kappa shape index (κ1) is 17.0. The minimum atomic E-state index is -0.815. The number of nitrogens with zero attached hydrogens (tertiary/aromatic N) is 2. The molecule has 0 fully saturated rings. The highest BCUT2D eigenvalue weighted by Crippen LogP contribution is 2.44. The molecule has 0 saturated heterocycles. The molecule has 0 spiro atoms. The third-order valence-corrected chi connectivity index (χ3v) is 5.66. The molecule has 0 radical (unpaired) electrons. The number of anilines is 1. The van der Waals surface area contributed by atoms with Gasteiger partial charge < -0.3 is 14.6 Å². The molecule has 4 nitrogen and oxygen atoms in total. The number of carboxylic acid groups (broad SMARTS) is 1. The Morgan fingerprint density at radius 1 is 1.19 bits per heavy atom. The second kappa shape index (κ2) is 6.06. The molecule has 0 unspecified atom stereocenters. The molecular formula is C21H21ClN2O2. The van der Waals surface area contributed by atoms with E-state index in [4.69, 9.17) is 11.6 Å². The average Bonchev–Trinajstić information content (AvgIpc) is 2.91. The Morgan fingerprint density at radius 2 is 1.88 bits per heavy atom. The Bertz CT molecular complexity index is 1030. The van der Waals surface area contributed by atoms with E-state index in [0.29, 0.717) is 5.02 Å². The molecule has 0 atom stereocenters. The van der Waals surface area contributed by atoms with Crippen LogP contribution >= 0.6 is 11.6 Å². The Balaban J connectivity index is 2.15. The molecule has 0 aliphatic carbocycles. The van der Waals surface area contributed by atoms with Crippen LogP contribution in [0.5, 0.6) is 0 Å². The normalized spacial score (nSPS) is 13.5. The van der Waals surface area contributed by atoms with Gasteiger partial charge in [-0.15, -0.1) is 0 Å². The van der Waals surface area contributed by atoms with Crippen molar-refractivity contribution in [3.63, 3.8) is 0 Å². The summed E-state index contributed by atoms with van der Waals surface area (Å²) in [5.74, 6) is -0.815. The van der Waals surface area contributed by atoms with Crippen molar-refractivity contribution in [1.29, 1.82) is 0 Å². The first-order valence-electron chi connectivity index (χ1n) is 8.72. The van der Waals surface area contributed by atoms with Crippen molar-refractivity contribution in [2.45, 2.75) is 26.8 Å². The van der Waals surface area contributed by atoms with Gasteiger partial charge in [-0.2, -0.15) is 0 Å². The van der Waals surface area contributed by atoms with Crippen molar-refractivity contribution in [3.8, 4) is 11.1 Å². The monoisotopic (exact) mass is 368 g/mol. The maximum Gasteiger partial charge on any atom is 0.307 e. The fourth-order valence-electron chi connectivity index (χ4n) is 4.23. The molecular weight excluding hydrogens is 348 g/mol. The minimum absolute atomic E-state index is 0.00476. The van der Waals surface area contributed by atoms with Crippen LogP contribution in [0.1, 0.15) is 16.8 Å². The number of benzene rings is 2. The number of rotatable bonds is 3. The Kier molecular flexibility index (Phi) is 3.96. The van der Waals surface area contributed by atoms with E-state index >= 15 is 0 Å². The number of halogens is 1. The standard InChI is InChI=1S/C21H21ClN2O2/c1-12-10-17-19(14-4-6-15(22)7-5-14)16(11-18(25)26)13(2)20-21(17)24(12)9-8-23(20)3/h4-7,10H,8-9,11H2,1-3H3,(H,25,26). The first-order valence-corrected chi connectivity index (χ1v) is 9.10. The van der Waals surface area contributed by atoms with Crippen LogP contribution in [-0.4, -0.2) is 29.2 Å².